The van der Waals surface area contributed by atoms with Gasteiger partial charge in [0.05, 0.1) is 0 Å². The van der Waals surface area contributed by atoms with E-state index in [1.54, 1.807) is 41.5 Å². The number of nitrogens with one attached hydrogen (secondary N) is 4. The lowest BCUT2D eigenvalue weighted by atomic mass is 10.0. The molecule has 2 atom stereocenters. The molecule has 0 bridgehead atoms. The average molecular weight is 541 g/mol. The molecule has 0 aromatic heterocycles. The van der Waals surface area contributed by atoms with Crippen LogP contribution in [0.15, 0.2) is 12.2 Å². The molecule has 0 rings (SSSR count). The average Bonchev–Trinajstić information content (AvgIpc) is 2.70. The minimum absolute atomic E-state index is 0.218. The van der Waals surface area contributed by atoms with E-state index in [0.29, 0.717) is 38.8 Å². The van der Waals surface area contributed by atoms with Crippen LogP contribution in [0.4, 0.5) is 9.59 Å². The van der Waals surface area contributed by atoms with Gasteiger partial charge in [0.2, 0.25) is 11.8 Å². The topological polar surface area (TPSA) is 135 Å². The van der Waals surface area contributed by atoms with E-state index in [-0.39, 0.29) is 23.7 Å². The first-order valence-electron chi connectivity index (χ1n) is 13.6. The molecule has 0 aliphatic rings. The summed E-state index contributed by atoms with van der Waals surface area (Å²) in [5.41, 5.74) is -1.28. The molecule has 0 aromatic rings. The number of hydrogen-bond donors (Lipinski definition) is 4. The lowest BCUT2D eigenvalue weighted by Crippen LogP contribution is -2.49. The van der Waals surface area contributed by atoms with Gasteiger partial charge in [0, 0.05) is 13.1 Å². The van der Waals surface area contributed by atoms with E-state index < -0.39 is 35.5 Å². The summed E-state index contributed by atoms with van der Waals surface area (Å²) in [6, 6.07) is -1.34. The van der Waals surface area contributed by atoms with Crippen molar-refractivity contribution < 1.29 is 28.7 Å². The van der Waals surface area contributed by atoms with Gasteiger partial charge >= 0.3 is 12.2 Å². The summed E-state index contributed by atoms with van der Waals surface area (Å²) < 4.78 is 10.5. The second-order valence-electron chi connectivity index (χ2n) is 12.3. The summed E-state index contributed by atoms with van der Waals surface area (Å²) in [5.74, 6) is -0.0664. The Balaban J connectivity index is 4.52. The number of amides is 4. The molecule has 0 unspecified atom stereocenters. The lowest BCUT2D eigenvalue weighted by molar-refractivity contribution is -0.124. The highest BCUT2D eigenvalue weighted by Gasteiger charge is 2.26. The number of carbonyl (C=O) groups excluding carboxylic acids is 4. The summed E-state index contributed by atoms with van der Waals surface area (Å²) in [7, 11) is 0. The van der Waals surface area contributed by atoms with Crippen molar-refractivity contribution in [1.82, 2.24) is 21.3 Å². The maximum absolute atomic E-state index is 12.6. The van der Waals surface area contributed by atoms with Crippen molar-refractivity contribution >= 4 is 24.0 Å². The normalized spacial score (nSPS) is 13.7. The van der Waals surface area contributed by atoms with Gasteiger partial charge in [0.15, 0.2) is 0 Å². The predicted octanol–water partition coefficient (Wildman–Crippen LogP) is 4.43. The van der Waals surface area contributed by atoms with Gasteiger partial charge in [-0.1, -0.05) is 39.8 Å². The first-order chi connectivity index (χ1) is 17.4. The zero-order valence-corrected chi connectivity index (χ0v) is 25.2. The van der Waals surface area contributed by atoms with Crippen molar-refractivity contribution in [3.8, 4) is 0 Å². The van der Waals surface area contributed by atoms with E-state index in [1.807, 2.05) is 39.8 Å². The number of carbonyl (C=O) groups is 4. The fraction of sp³-hybridized carbons (Fsp3) is 0.786. The number of hydrogen-bond acceptors (Lipinski definition) is 6. The molecular weight excluding hydrogens is 488 g/mol. The van der Waals surface area contributed by atoms with E-state index in [4.69, 9.17) is 9.47 Å². The molecule has 0 radical (unpaired) electrons. The van der Waals surface area contributed by atoms with Crippen molar-refractivity contribution in [1.29, 1.82) is 0 Å². The van der Waals surface area contributed by atoms with Gasteiger partial charge in [-0.15, -0.1) is 0 Å². The standard InChI is InChI=1S/C28H52N4O6/c1-19(2)17-21(31-25(35)37-27(5,6)7)23(33)29-15-13-11-12-14-16-30-24(34)22(18-20(3)4)32-26(36)38-28(8,9)10/h11-12,19-22H,13-18H2,1-10H3,(H,29,33)(H,30,34)(H,31,35)(H,32,36)/t21-,22-/m0/s1. The molecular formula is C28H52N4O6. The fourth-order valence-electron chi connectivity index (χ4n) is 3.34. The zero-order valence-electron chi connectivity index (χ0n) is 25.2. The van der Waals surface area contributed by atoms with Gasteiger partial charge in [0.1, 0.15) is 23.3 Å². The quantitative estimate of drug-likeness (QED) is 0.190. The summed E-state index contributed by atoms with van der Waals surface area (Å²) in [6.45, 7) is 19.4. The number of alkyl carbamates (subject to hydrolysis) is 2. The van der Waals surface area contributed by atoms with Crippen LogP contribution in [-0.4, -0.2) is 60.4 Å². The van der Waals surface area contributed by atoms with Crippen LogP contribution in [0.2, 0.25) is 0 Å². The summed E-state index contributed by atoms with van der Waals surface area (Å²) in [4.78, 5) is 49.4. The third-order valence-corrected chi connectivity index (χ3v) is 4.82. The van der Waals surface area contributed by atoms with Crippen LogP contribution in [0.5, 0.6) is 0 Å². The van der Waals surface area contributed by atoms with Crippen LogP contribution in [-0.2, 0) is 19.1 Å². The van der Waals surface area contributed by atoms with Crippen molar-refractivity contribution in [2.45, 2.75) is 118 Å². The molecule has 0 saturated carbocycles. The van der Waals surface area contributed by atoms with Crippen molar-refractivity contribution in [3.05, 3.63) is 12.2 Å². The SMILES string of the molecule is CC(C)C[C@H](NC(=O)OC(C)(C)C)C(=O)NCCC=CCCNC(=O)[C@H](CC(C)C)NC(=O)OC(C)(C)C. The highest BCUT2D eigenvalue weighted by Crippen LogP contribution is 2.11. The molecule has 0 spiro atoms. The molecule has 0 saturated heterocycles. The lowest BCUT2D eigenvalue weighted by Gasteiger charge is -2.24. The van der Waals surface area contributed by atoms with Gasteiger partial charge in [-0.2, -0.15) is 0 Å². The van der Waals surface area contributed by atoms with Gasteiger partial charge in [-0.3, -0.25) is 9.59 Å². The largest absolute Gasteiger partial charge is 0.444 e. The Labute approximate surface area is 229 Å². The summed E-state index contributed by atoms with van der Waals surface area (Å²) in [5, 5.41) is 11.0. The molecule has 0 fully saturated rings. The first-order valence-corrected chi connectivity index (χ1v) is 13.6. The van der Waals surface area contributed by atoms with Gasteiger partial charge < -0.3 is 30.7 Å². The van der Waals surface area contributed by atoms with Gasteiger partial charge in [0.25, 0.3) is 0 Å². The summed E-state index contributed by atoms with van der Waals surface area (Å²) in [6.07, 6.45) is 4.84. The zero-order chi connectivity index (χ0) is 29.5. The highest BCUT2D eigenvalue weighted by molar-refractivity contribution is 5.86. The first kappa shape index (κ1) is 35.2. The highest BCUT2D eigenvalue weighted by atomic mass is 16.6. The number of ether oxygens (including phenoxy) is 2. The smallest absolute Gasteiger partial charge is 0.408 e. The van der Waals surface area contributed by atoms with E-state index in [9.17, 15) is 19.2 Å². The van der Waals surface area contributed by atoms with E-state index >= 15 is 0 Å². The molecule has 0 heterocycles. The van der Waals surface area contributed by atoms with Crippen LogP contribution in [0.1, 0.15) is 94.9 Å². The Morgan fingerprint density at radius 1 is 0.632 bits per heavy atom. The molecule has 0 aliphatic carbocycles. The van der Waals surface area contributed by atoms with Crippen LogP contribution < -0.4 is 21.3 Å². The van der Waals surface area contributed by atoms with E-state index in [0.717, 1.165) is 0 Å². The number of rotatable bonds is 14. The van der Waals surface area contributed by atoms with Crippen LogP contribution in [0, 0.1) is 11.8 Å². The molecule has 0 aromatic carbocycles. The van der Waals surface area contributed by atoms with Crippen molar-refractivity contribution in [3.63, 3.8) is 0 Å². The minimum atomic E-state index is -0.669. The van der Waals surface area contributed by atoms with Gasteiger partial charge in [-0.25, -0.2) is 9.59 Å². The molecule has 10 heteroatoms. The molecule has 10 nitrogen and oxygen atoms in total. The van der Waals surface area contributed by atoms with E-state index in [2.05, 4.69) is 21.3 Å². The Hall–Kier alpha value is -2.78. The molecule has 38 heavy (non-hydrogen) atoms. The minimum Gasteiger partial charge on any atom is -0.444 e. The molecule has 0 aliphatic heterocycles. The van der Waals surface area contributed by atoms with E-state index in [1.165, 1.54) is 0 Å². The fourth-order valence-corrected chi connectivity index (χ4v) is 3.34. The monoisotopic (exact) mass is 540 g/mol. The maximum atomic E-state index is 12.6. The molecule has 4 N–H and O–H groups in total. The van der Waals surface area contributed by atoms with Gasteiger partial charge in [-0.05, 0) is 79.1 Å². The summed E-state index contributed by atoms with van der Waals surface area (Å²) >= 11 is 0. The van der Waals surface area contributed by atoms with Crippen LogP contribution in [0.3, 0.4) is 0 Å². The second kappa shape index (κ2) is 16.9. The molecule has 4 amide bonds. The van der Waals surface area contributed by atoms with Crippen molar-refractivity contribution in [2.24, 2.45) is 11.8 Å². The third kappa shape index (κ3) is 19.3. The van der Waals surface area contributed by atoms with Crippen LogP contribution >= 0.6 is 0 Å². The predicted molar refractivity (Wildman–Crippen MR) is 150 cm³/mol. The van der Waals surface area contributed by atoms with Crippen molar-refractivity contribution in [2.75, 3.05) is 13.1 Å². The Bertz CT molecular complexity index is 717. The van der Waals surface area contributed by atoms with Crippen LogP contribution in [0.25, 0.3) is 0 Å². The second-order valence-corrected chi connectivity index (χ2v) is 12.3. The Kier molecular flexibility index (Phi) is 15.7. The molecule has 220 valence electrons. The Morgan fingerprint density at radius 3 is 1.21 bits per heavy atom. The third-order valence-electron chi connectivity index (χ3n) is 4.82. The Morgan fingerprint density at radius 2 is 0.947 bits per heavy atom. The maximum Gasteiger partial charge on any atom is 0.408 e.